The van der Waals surface area contributed by atoms with Gasteiger partial charge in [-0.25, -0.2) is 0 Å². The van der Waals surface area contributed by atoms with E-state index in [2.05, 4.69) is 10.3 Å². The number of amides is 1. The largest absolute Gasteiger partial charge is 0.497 e. The van der Waals surface area contributed by atoms with Crippen molar-refractivity contribution in [1.29, 1.82) is 0 Å². The molecule has 1 aliphatic rings. The van der Waals surface area contributed by atoms with Crippen molar-refractivity contribution in [2.75, 3.05) is 13.7 Å². The van der Waals surface area contributed by atoms with E-state index in [1.165, 1.54) is 0 Å². The van der Waals surface area contributed by atoms with Crippen molar-refractivity contribution in [3.63, 3.8) is 0 Å². The lowest BCUT2D eigenvalue weighted by Gasteiger charge is -2.03. The third-order valence-corrected chi connectivity index (χ3v) is 1.98. The zero-order valence-electron chi connectivity index (χ0n) is 7.78. The highest BCUT2D eigenvalue weighted by molar-refractivity contribution is 6.12. The smallest absolute Gasteiger partial charge is 0.247 e. The maximum absolute atomic E-state index is 10.9. The van der Waals surface area contributed by atoms with Gasteiger partial charge in [-0.3, -0.25) is 9.79 Å². The monoisotopic (exact) mass is 190 g/mol. The maximum Gasteiger partial charge on any atom is 0.247 e. The van der Waals surface area contributed by atoms with Crippen LogP contribution in [0, 0.1) is 0 Å². The third kappa shape index (κ3) is 1.59. The van der Waals surface area contributed by atoms with E-state index in [1.54, 1.807) is 7.11 Å². The average Bonchev–Trinajstić information content (AvgIpc) is 2.65. The number of rotatable bonds is 2. The molecule has 0 unspecified atom stereocenters. The van der Waals surface area contributed by atoms with Crippen LogP contribution in [0.15, 0.2) is 29.3 Å². The molecule has 0 radical (unpaired) electrons. The quantitative estimate of drug-likeness (QED) is 0.741. The first-order chi connectivity index (χ1) is 6.79. The molecule has 0 aromatic heterocycles. The summed E-state index contributed by atoms with van der Waals surface area (Å²) in [6, 6.07) is 7.43. The minimum Gasteiger partial charge on any atom is -0.497 e. The van der Waals surface area contributed by atoms with Crippen LogP contribution in [-0.2, 0) is 4.79 Å². The number of benzene rings is 1. The molecule has 0 bridgehead atoms. The molecule has 0 fully saturated rings. The molecule has 2 rings (SSSR count). The molecular formula is C10H10N2O2. The SMILES string of the molecule is COc1cccc(C2=NCC(=O)N2)c1. The van der Waals surface area contributed by atoms with E-state index in [0.29, 0.717) is 5.84 Å². The Bertz CT molecular complexity index is 399. The molecule has 0 atom stereocenters. The van der Waals surface area contributed by atoms with Crippen LogP contribution in [0.5, 0.6) is 5.75 Å². The Morgan fingerprint density at radius 3 is 3.00 bits per heavy atom. The first-order valence-corrected chi connectivity index (χ1v) is 4.28. The molecule has 1 heterocycles. The topological polar surface area (TPSA) is 50.7 Å². The van der Waals surface area contributed by atoms with Gasteiger partial charge in [-0.05, 0) is 12.1 Å². The molecule has 0 saturated carbocycles. The van der Waals surface area contributed by atoms with Crippen LogP contribution < -0.4 is 10.1 Å². The summed E-state index contributed by atoms with van der Waals surface area (Å²) in [5.41, 5.74) is 0.871. The number of carbonyl (C=O) groups excluding carboxylic acids is 1. The standard InChI is InChI=1S/C10H10N2O2/c1-14-8-4-2-3-7(5-8)10-11-6-9(13)12-10/h2-5H,6H2,1H3,(H,11,12,13). The molecule has 0 aliphatic carbocycles. The van der Waals surface area contributed by atoms with E-state index in [0.717, 1.165) is 11.3 Å². The van der Waals surface area contributed by atoms with Crippen LogP contribution in [0.1, 0.15) is 5.56 Å². The molecule has 1 aromatic carbocycles. The summed E-state index contributed by atoms with van der Waals surface area (Å²) in [6.45, 7) is 0.215. The number of ether oxygens (including phenoxy) is 1. The summed E-state index contributed by atoms with van der Waals surface area (Å²) in [7, 11) is 1.61. The van der Waals surface area contributed by atoms with E-state index < -0.39 is 0 Å². The summed E-state index contributed by atoms with van der Waals surface area (Å²) in [5, 5.41) is 2.68. The van der Waals surface area contributed by atoms with Gasteiger partial charge in [-0.1, -0.05) is 12.1 Å². The summed E-state index contributed by atoms with van der Waals surface area (Å²) < 4.78 is 5.07. The van der Waals surface area contributed by atoms with Gasteiger partial charge in [0.1, 0.15) is 18.1 Å². The molecule has 14 heavy (non-hydrogen) atoms. The minimum absolute atomic E-state index is 0.0668. The second-order valence-corrected chi connectivity index (χ2v) is 2.94. The van der Waals surface area contributed by atoms with Crippen LogP contribution in [-0.4, -0.2) is 25.4 Å². The summed E-state index contributed by atoms with van der Waals surface area (Å²) in [4.78, 5) is 15.0. The number of hydrogen-bond acceptors (Lipinski definition) is 3. The highest BCUT2D eigenvalue weighted by atomic mass is 16.5. The van der Waals surface area contributed by atoms with Crippen molar-refractivity contribution in [3.05, 3.63) is 29.8 Å². The van der Waals surface area contributed by atoms with Crippen molar-refractivity contribution < 1.29 is 9.53 Å². The first kappa shape index (κ1) is 8.74. The number of aliphatic imine (C=N–C) groups is 1. The van der Waals surface area contributed by atoms with E-state index >= 15 is 0 Å². The number of amidine groups is 1. The fraction of sp³-hybridized carbons (Fsp3) is 0.200. The third-order valence-electron chi connectivity index (χ3n) is 1.98. The van der Waals surface area contributed by atoms with Gasteiger partial charge in [0.15, 0.2) is 0 Å². The van der Waals surface area contributed by atoms with Crippen molar-refractivity contribution in [1.82, 2.24) is 5.32 Å². The van der Waals surface area contributed by atoms with Gasteiger partial charge in [0.05, 0.1) is 7.11 Å². The second kappa shape index (κ2) is 3.49. The highest BCUT2D eigenvalue weighted by Crippen LogP contribution is 2.13. The van der Waals surface area contributed by atoms with E-state index in [9.17, 15) is 4.79 Å². The Labute approximate surface area is 81.6 Å². The van der Waals surface area contributed by atoms with Gasteiger partial charge in [-0.15, -0.1) is 0 Å². The Morgan fingerprint density at radius 1 is 1.50 bits per heavy atom. The number of nitrogens with one attached hydrogen (secondary N) is 1. The fourth-order valence-electron chi connectivity index (χ4n) is 1.30. The predicted molar refractivity (Wildman–Crippen MR) is 52.5 cm³/mol. The van der Waals surface area contributed by atoms with Gasteiger partial charge in [-0.2, -0.15) is 0 Å². The van der Waals surface area contributed by atoms with Crippen molar-refractivity contribution in [2.24, 2.45) is 4.99 Å². The normalized spacial score (nSPS) is 14.9. The molecule has 4 nitrogen and oxygen atoms in total. The van der Waals surface area contributed by atoms with Crippen molar-refractivity contribution >= 4 is 11.7 Å². The van der Waals surface area contributed by atoms with Gasteiger partial charge in [0.2, 0.25) is 5.91 Å². The lowest BCUT2D eigenvalue weighted by molar-refractivity contribution is -0.117. The molecule has 0 spiro atoms. The minimum atomic E-state index is -0.0668. The maximum atomic E-state index is 10.9. The van der Waals surface area contributed by atoms with Crippen LogP contribution in [0.2, 0.25) is 0 Å². The lowest BCUT2D eigenvalue weighted by atomic mass is 10.2. The van der Waals surface area contributed by atoms with E-state index in [1.807, 2.05) is 24.3 Å². The molecule has 1 N–H and O–H groups in total. The molecule has 72 valence electrons. The van der Waals surface area contributed by atoms with Gasteiger partial charge >= 0.3 is 0 Å². The Morgan fingerprint density at radius 2 is 2.36 bits per heavy atom. The number of carbonyl (C=O) groups is 1. The number of methoxy groups -OCH3 is 1. The fourth-order valence-corrected chi connectivity index (χ4v) is 1.30. The van der Waals surface area contributed by atoms with Crippen molar-refractivity contribution in [3.8, 4) is 5.75 Å². The highest BCUT2D eigenvalue weighted by Gasteiger charge is 2.14. The summed E-state index contributed by atoms with van der Waals surface area (Å²) >= 11 is 0. The first-order valence-electron chi connectivity index (χ1n) is 4.28. The number of nitrogens with zero attached hydrogens (tertiary/aromatic N) is 1. The average molecular weight is 190 g/mol. The molecule has 1 aromatic rings. The lowest BCUT2D eigenvalue weighted by Crippen LogP contribution is -2.25. The Kier molecular flexibility index (Phi) is 2.18. The molecule has 4 heteroatoms. The van der Waals surface area contributed by atoms with Crippen LogP contribution >= 0.6 is 0 Å². The summed E-state index contributed by atoms with van der Waals surface area (Å²) in [6.07, 6.45) is 0. The molecule has 0 saturated heterocycles. The summed E-state index contributed by atoms with van der Waals surface area (Å²) in [5.74, 6) is 1.31. The molecular weight excluding hydrogens is 180 g/mol. The zero-order chi connectivity index (χ0) is 9.97. The van der Waals surface area contributed by atoms with Crippen LogP contribution in [0.4, 0.5) is 0 Å². The zero-order valence-corrected chi connectivity index (χ0v) is 7.78. The van der Waals surface area contributed by atoms with Gasteiger partial charge in [0.25, 0.3) is 0 Å². The predicted octanol–water partition coefficient (Wildman–Crippen LogP) is 0.572. The second-order valence-electron chi connectivity index (χ2n) is 2.94. The van der Waals surface area contributed by atoms with Crippen LogP contribution in [0.25, 0.3) is 0 Å². The molecule has 1 amide bonds. The van der Waals surface area contributed by atoms with Crippen LogP contribution in [0.3, 0.4) is 0 Å². The van der Waals surface area contributed by atoms with Crippen molar-refractivity contribution in [2.45, 2.75) is 0 Å². The van der Waals surface area contributed by atoms with Gasteiger partial charge < -0.3 is 10.1 Å². The van der Waals surface area contributed by atoms with E-state index in [-0.39, 0.29) is 12.5 Å². The van der Waals surface area contributed by atoms with Gasteiger partial charge in [0, 0.05) is 5.56 Å². The Balaban J connectivity index is 2.28. The Hall–Kier alpha value is -1.84. The number of hydrogen-bond donors (Lipinski definition) is 1. The molecule has 1 aliphatic heterocycles. The van der Waals surface area contributed by atoms with E-state index in [4.69, 9.17) is 4.74 Å².